The molecule has 1 fully saturated rings. The molecule has 1 N–H and O–H groups in total. The van der Waals surface area contributed by atoms with Crippen LogP contribution in [0.3, 0.4) is 0 Å². The highest BCUT2D eigenvalue weighted by atomic mass is 16.2. The largest absolute Gasteiger partial charge is 0.367 e. The molecule has 1 saturated heterocycles. The summed E-state index contributed by atoms with van der Waals surface area (Å²) in [6.45, 7) is 4.40. The highest BCUT2D eigenvalue weighted by Gasteiger charge is 2.24. The molecule has 1 aliphatic heterocycles. The molecule has 23 heavy (non-hydrogen) atoms. The highest BCUT2D eigenvalue weighted by Crippen LogP contribution is 2.11. The van der Waals surface area contributed by atoms with E-state index in [0.29, 0.717) is 38.2 Å². The van der Waals surface area contributed by atoms with Crippen molar-refractivity contribution in [1.29, 1.82) is 0 Å². The number of benzene rings is 1. The van der Waals surface area contributed by atoms with Crippen molar-refractivity contribution >= 4 is 11.8 Å². The number of piperazine rings is 1. The zero-order valence-corrected chi connectivity index (χ0v) is 13.3. The molecule has 1 aliphatic rings. The van der Waals surface area contributed by atoms with Crippen LogP contribution in [0.4, 0.5) is 0 Å². The maximum Gasteiger partial charge on any atom is 0.255 e. The van der Waals surface area contributed by atoms with Gasteiger partial charge in [-0.25, -0.2) is 0 Å². The lowest BCUT2D eigenvalue weighted by Gasteiger charge is -2.34. The summed E-state index contributed by atoms with van der Waals surface area (Å²) in [5.74, 6) is 0.154. The molecule has 0 unspecified atom stereocenters. The molecule has 2 amide bonds. The second-order valence-electron chi connectivity index (χ2n) is 5.94. The predicted molar refractivity (Wildman–Crippen MR) is 88.2 cm³/mol. The minimum atomic E-state index is 0.0250. The van der Waals surface area contributed by atoms with Gasteiger partial charge in [0.05, 0.1) is 12.0 Å². The third-order valence-electron chi connectivity index (χ3n) is 4.20. The second-order valence-corrected chi connectivity index (χ2v) is 5.94. The first-order valence-electron chi connectivity index (χ1n) is 7.89. The van der Waals surface area contributed by atoms with Gasteiger partial charge in [0.15, 0.2) is 0 Å². The summed E-state index contributed by atoms with van der Waals surface area (Å²) in [5, 5.41) is 0. The van der Waals surface area contributed by atoms with Crippen LogP contribution < -0.4 is 0 Å². The van der Waals surface area contributed by atoms with Crippen molar-refractivity contribution in [2.24, 2.45) is 0 Å². The quantitative estimate of drug-likeness (QED) is 0.940. The Bertz CT molecular complexity index is 686. The number of nitrogens with zero attached hydrogens (tertiary/aromatic N) is 2. The van der Waals surface area contributed by atoms with Crippen molar-refractivity contribution in [2.75, 3.05) is 26.2 Å². The topological polar surface area (TPSA) is 56.4 Å². The Labute approximate surface area is 135 Å². The van der Waals surface area contributed by atoms with E-state index in [-0.39, 0.29) is 11.8 Å². The summed E-state index contributed by atoms with van der Waals surface area (Å²) < 4.78 is 0. The summed E-state index contributed by atoms with van der Waals surface area (Å²) in [6, 6.07) is 9.81. The van der Waals surface area contributed by atoms with Crippen LogP contribution in [0, 0.1) is 6.92 Å². The Kier molecular flexibility index (Phi) is 4.46. The lowest BCUT2D eigenvalue weighted by atomic mass is 10.1. The molecule has 1 aromatic heterocycles. The van der Waals surface area contributed by atoms with Crippen LogP contribution in [0.1, 0.15) is 21.5 Å². The average molecular weight is 311 g/mol. The monoisotopic (exact) mass is 311 g/mol. The molecule has 1 aromatic carbocycles. The third kappa shape index (κ3) is 3.62. The first-order chi connectivity index (χ1) is 11.1. The zero-order chi connectivity index (χ0) is 16.2. The lowest BCUT2D eigenvalue weighted by Crippen LogP contribution is -2.50. The minimum Gasteiger partial charge on any atom is -0.367 e. The maximum atomic E-state index is 12.4. The van der Waals surface area contributed by atoms with Gasteiger partial charge < -0.3 is 14.8 Å². The van der Waals surface area contributed by atoms with E-state index in [0.717, 1.165) is 11.1 Å². The van der Waals surface area contributed by atoms with E-state index in [2.05, 4.69) is 4.98 Å². The third-order valence-corrected chi connectivity index (χ3v) is 4.20. The number of aryl methyl sites for hydroxylation is 1. The number of carbonyl (C=O) groups excluding carboxylic acids is 2. The van der Waals surface area contributed by atoms with Crippen molar-refractivity contribution in [3.63, 3.8) is 0 Å². The number of hydrogen-bond donors (Lipinski definition) is 1. The van der Waals surface area contributed by atoms with Crippen molar-refractivity contribution < 1.29 is 9.59 Å². The molecule has 2 aromatic rings. The fourth-order valence-electron chi connectivity index (χ4n) is 2.91. The van der Waals surface area contributed by atoms with E-state index >= 15 is 0 Å². The normalized spacial score (nSPS) is 14.8. The van der Waals surface area contributed by atoms with Crippen LogP contribution in [0.15, 0.2) is 42.7 Å². The first kappa shape index (κ1) is 15.3. The van der Waals surface area contributed by atoms with Crippen LogP contribution in [0.2, 0.25) is 0 Å². The Morgan fingerprint density at radius 3 is 2.48 bits per heavy atom. The van der Waals surface area contributed by atoms with Gasteiger partial charge in [0, 0.05) is 38.6 Å². The van der Waals surface area contributed by atoms with Gasteiger partial charge in [-0.15, -0.1) is 0 Å². The lowest BCUT2D eigenvalue weighted by molar-refractivity contribution is -0.131. The fourth-order valence-corrected chi connectivity index (χ4v) is 2.91. The summed E-state index contributed by atoms with van der Waals surface area (Å²) in [5.41, 5.74) is 2.88. The molecule has 0 saturated carbocycles. The average Bonchev–Trinajstić information content (AvgIpc) is 3.09. The molecule has 0 atom stereocenters. The molecule has 0 bridgehead atoms. The number of H-pyrrole nitrogens is 1. The molecule has 120 valence electrons. The summed E-state index contributed by atoms with van der Waals surface area (Å²) in [6.07, 6.45) is 3.87. The fraction of sp³-hybridized carbons (Fsp3) is 0.333. The van der Waals surface area contributed by atoms with E-state index in [9.17, 15) is 9.59 Å². The van der Waals surface area contributed by atoms with Crippen LogP contribution in [-0.4, -0.2) is 52.8 Å². The Morgan fingerprint density at radius 1 is 1.09 bits per heavy atom. The molecule has 2 heterocycles. The van der Waals surface area contributed by atoms with E-state index in [1.165, 1.54) is 0 Å². The summed E-state index contributed by atoms with van der Waals surface area (Å²) >= 11 is 0. The van der Waals surface area contributed by atoms with E-state index in [4.69, 9.17) is 0 Å². The van der Waals surface area contributed by atoms with Crippen molar-refractivity contribution in [1.82, 2.24) is 14.8 Å². The molecule has 0 radical (unpaired) electrons. The van der Waals surface area contributed by atoms with Gasteiger partial charge in [-0.3, -0.25) is 9.59 Å². The van der Waals surface area contributed by atoms with Crippen LogP contribution >= 0.6 is 0 Å². The molecule has 0 spiro atoms. The number of amides is 2. The van der Waals surface area contributed by atoms with Gasteiger partial charge in [-0.2, -0.15) is 0 Å². The number of nitrogens with one attached hydrogen (secondary N) is 1. The molecule has 3 rings (SSSR count). The number of hydrogen-bond acceptors (Lipinski definition) is 2. The predicted octanol–water partition coefficient (Wildman–Crippen LogP) is 1.85. The van der Waals surface area contributed by atoms with Crippen LogP contribution in [0.5, 0.6) is 0 Å². The van der Waals surface area contributed by atoms with E-state index in [1.807, 2.05) is 36.1 Å². The molecular formula is C18H21N3O2. The zero-order valence-electron chi connectivity index (χ0n) is 13.3. The van der Waals surface area contributed by atoms with Gasteiger partial charge in [-0.05, 0) is 18.6 Å². The highest BCUT2D eigenvalue weighted by molar-refractivity contribution is 5.94. The van der Waals surface area contributed by atoms with E-state index in [1.54, 1.807) is 23.4 Å². The number of aromatic amines is 1. The summed E-state index contributed by atoms with van der Waals surface area (Å²) in [7, 11) is 0. The maximum absolute atomic E-state index is 12.4. The van der Waals surface area contributed by atoms with E-state index < -0.39 is 0 Å². The van der Waals surface area contributed by atoms with Gasteiger partial charge in [0.25, 0.3) is 5.91 Å². The molecule has 0 aliphatic carbocycles. The van der Waals surface area contributed by atoms with Gasteiger partial charge in [0.1, 0.15) is 0 Å². The van der Waals surface area contributed by atoms with Crippen molar-refractivity contribution in [3.05, 3.63) is 59.4 Å². The number of aromatic nitrogens is 1. The molecule has 5 heteroatoms. The Hall–Kier alpha value is -2.56. The van der Waals surface area contributed by atoms with Crippen LogP contribution in [0.25, 0.3) is 0 Å². The van der Waals surface area contributed by atoms with Crippen LogP contribution in [-0.2, 0) is 11.2 Å². The SMILES string of the molecule is Cc1cccc(CC(=O)N2CCN(C(=O)c3cc[nH]c3)CC2)c1. The van der Waals surface area contributed by atoms with Gasteiger partial charge in [0.2, 0.25) is 5.91 Å². The Morgan fingerprint density at radius 2 is 1.83 bits per heavy atom. The smallest absolute Gasteiger partial charge is 0.255 e. The first-order valence-corrected chi connectivity index (χ1v) is 7.89. The Balaban J connectivity index is 1.54. The van der Waals surface area contributed by atoms with Crippen molar-refractivity contribution in [2.45, 2.75) is 13.3 Å². The van der Waals surface area contributed by atoms with Gasteiger partial charge >= 0.3 is 0 Å². The number of rotatable bonds is 3. The minimum absolute atomic E-state index is 0.0250. The molecular weight excluding hydrogens is 290 g/mol. The molecule has 5 nitrogen and oxygen atoms in total. The second kappa shape index (κ2) is 6.69. The number of carbonyl (C=O) groups is 2. The van der Waals surface area contributed by atoms with Crippen molar-refractivity contribution in [3.8, 4) is 0 Å². The standard InChI is InChI=1S/C18H21N3O2/c1-14-3-2-4-15(11-14)12-17(22)20-7-9-21(10-8-20)18(23)16-5-6-19-13-16/h2-6,11,13,19H,7-10,12H2,1H3. The summed E-state index contributed by atoms with van der Waals surface area (Å²) in [4.78, 5) is 31.2. The van der Waals surface area contributed by atoms with Gasteiger partial charge in [-0.1, -0.05) is 29.8 Å².